The smallest absolute Gasteiger partial charge is 0.325 e. The third-order valence-electron chi connectivity index (χ3n) is 6.56. The second-order valence-corrected chi connectivity index (χ2v) is 11.2. The van der Waals surface area contributed by atoms with Gasteiger partial charge in [-0.2, -0.15) is 0 Å². The monoisotopic (exact) mass is 500 g/mol. The molecule has 3 N–H and O–H groups in total. The Balaban J connectivity index is 1.86. The lowest BCUT2D eigenvalue weighted by Crippen LogP contribution is -2.51. The van der Waals surface area contributed by atoms with E-state index in [4.69, 9.17) is 9.16 Å². The number of ether oxygens (including phenoxy) is 1. The number of urea groups is 2. The first-order valence-electron chi connectivity index (χ1n) is 13.4. The molecule has 1 heterocycles. The fraction of sp³-hybridized carbons (Fsp3) is 0.917. The van der Waals surface area contributed by atoms with E-state index in [9.17, 15) is 14.7 Å². The Labute approximate surface area is 208 Å². The first-order chi connectivity index (χ1) is 16.6. The quantitative estimate of drug-likeness (QED) is 0.160. The van der Waals surface area contributed by atoms with Gasteiger partial charge in [-0.05, 0) is 63.3 Å². The molecule has 0 bridgehead atoms. The number of aliphatic hydroxyl groups excluding tert-OH is 1. The van der Waals surface area contributed by atoms with E-state index < -0.39 is 9.76 Å². The number of epoxide rings is 1. The molecule has 0 radical (unpaired) electrons. The van der Waals surface area contributed by atoms with Crippen molar-refractivity contribution in [2.75, 3.05) is 59.1 Å². The summed E-state index contributed by atoms with van der Waals surface area (Å²) in [6.07, 6.45) is 7.21. The standard InChI is InChI=1S/C24H48N4O5Si/c1-3-10-25-23(30)28(24(31)26-11-6-14-34-33-4-2)17-21-9-5-8-20(15-21)16-27(12-7-13-29)18-22-19-32-22/h20-22,29H,3-19,34H2,1-2H3,(H,25,30)(H,26,31). The van der Waals surface area contributed by atoms with Crippen LogP contribution in [0.15, 0.2) is 0 Å². The van der Waals surface area contributed by atoms with Crippen molar-refractivity contribution in [2.45, 2.75) is 70.9 Å². The van der Waals surface area contributed by atoms with Gasteiger partial charge in [0.25, 0.3) is 0 Å². The Morgan fingerprint density at radius 1 is 1.06 bits per heavy atom. The average Bonchev–Trinajstić information content (AvgIpc) is 3.65. The van der Waals surface area contributed by atoms with Gasteiger partial charge in [0, 0.05) is 52.5 Å². The zero-order chi connectivity index (χ0) is 24.6. The van der Waals surface area contributed by atoms with Gasteiger partial charge in [-0.25, -0.2) is 14.5 Å². The number of nitrogens with one attached hydrogen (secondary N) is 2. The highest BCUT2D eigenvalue weighted by Gasteiger charge is 2.31. The Morgan fingerprint density at radius 2 is 1.76 bits per heavy atom. The minimum atomic E-state index is -0.496. The molecule has 4 amide bonds. The second-order valence-electron chi connectivity index (χ2n) is 9.67. The summed E-state index contributed by atoms with van der Waals surface area (Å²) in [5, 5.41) is 15.1. The van der Waals surface area contributed by atoms with Crippen LogP contribution in [0.1, 0.15) is 58.8 Å². The lowest BCUT2D eigenvalue weighted by Gasteiger charge is -2.35. The van der Waals surface area contributed by atoms with Crippen LogP contribution >= 0.6 is 0 Å². The number of amides is 4. The molecule has 9 nitrogen and oxygen atoms in total. The maximum absolute atomic E-state index is 12.9. The molecule has 2 rings (SSSR count). The van der Waals surface area contributed by atoms with Crippen LogP contribution in [0.3, 0.4) is 0 Å². The van der Waals surface area contributed by atoms with Gasteiger partial charge in [0.1, 0.15) is 0 Å². The highest BCUT2D eigenvalue weighted by Crippen LogP contribution is 2.31. The van der Waals surface area contributed by atoms with Crippen molar-refractivity contribution in [3.05, 3.63) is 0 Å². The number of imide groups is 1. The Bertz CT molecular complexity index is 582. The van der Waals surface area contributed by atoms with Crippen LogP contribution in [0.25, 0.3) is 0 Å². The zero-order valence-electron chi connectivity index (χ0n) is 21.4. The number of carbonyl (C=O) groups is 2. The molecule has 3 unspecified atom stereocenters. The lowest BCUT2D eigenvalue weighted by molar-refractivity contribution is 0.137. The van der Waals surface area contributed by atoms with Crippen molar-refractivity contribution < 1.29 is 23.9 Å². The van der Waals surface area contributed by atoms with Gasteiger partial charge in [-0.3, -0.25) is 0 Å². The molecule has 1 saturated heterocycles. The fourth-order valence-electron chi connectivity index (χ4n) is 4.72. The second kappa shape index (κ2) is 17.3. The summed E-state index contributed by atoms with van der Waals surface area (Å²) in [4.78, 5) is 29.5. The molecular formula is C24H48N4O5Si. The Morgan fingerprint density at radius 3 is 2.41 bits per heavy atom. The van der Waals surface area contributed by atoms with Crippen molar-refractivity contribution in [3.63, 3.8) is 0 Å². The molecule has 198 valence electrons. The number of hydrogen-bond donors (Lipinski definition) is 3. The molecule has 1 saturated carbocycles. The van der Waals surface area contributed by atoms with Crippen molar-refractivity contribution in [1.29, 1.82) is 0 Å². The highest BCUT2D eigenvalue weighted by atomic mass is 28.2. The molecule has 10 heteroatoms. The van der Waals surface area contributed by atoms with Crippen LogP contribution in [-0.2, 0) is 9.16 Å². The maximum atomic E-state index is 12.9. The predicted molar refractivity (Wildman–Crippen MR) is 137 cm³/mol. The number of aliphatic hydroxyl groups is 1. The van der Waals surface area contributed by atoms with Gasteiger partial charge < -0.3 is 29.8 Å². The van der Waals surface area contributed by atoms with Crippen LogP contribution in [0, 0.1) is 11.8 Å². The summed E-state index contributed by atoms with van der Waals surface area (Å²) in [6.45, 7) is 10.3. The van der Waals surface area contributed by atoms with E-state index in [2.05, 4.69) is 15.5 Å². The highest BCUT2D eigenvalue weighted by molar-refractivity contribution is 6.26. The van der Waals surface area contributed by atoms with Crippen LogP contribution in [0.5, 0.6) is 0 Å². The van der Waals surface area contributed by atoms with Crippen molar-refractivity contribution in [1.82, 2.24) is 20.4 Å². The van der Waals surface area contributed by atoms with Gasteiger partial charge >= 0.3 is 12.1 Å². The topological polar surface area (TPSA) is 107 Å². The first kappa shape index (κ1) is 29.0. The van der Waals surface area contributed by atoms with Crippen molar-refractivity contribution >= 4 is 21.8 Å². The summed E-state index contributed by atoms with van der Waals surface area (Å²) in [5.41, 5.74) is 0. The lowest BCUT2D eigenvalue weighted by atomic mass is 9.81. The van der Waals surface area contributed by atoms with E-state index in [1.54, 1.807) is 0 Å². The van der Waals surface area contributed by atoms with E-state index in [1.165, 1.54) is 11.3 Å². The third-order valence-corrected chi connectivity index (χ3v) is 8.04. The van der Waals surface area contributed by atoms with E-state index in [0.717, 1.165) is 77.4 Å². The van der Waals surface area contributed by atoms with Crippen LogP contribution < -0.4 is 10.6 Å². The average molecular weight is 501 g/mol. The van der Waals surface area contributed by atoms with Crippen LogP contribution in [0.4, 0.5) is 9.59 Å². The molecule has 34 heavy (non-hydrogen) atoms. The van der Waals surface area contributed by atoms with Crippen molar-refractivity contribution in [3.8, 4) is 0 Å². The molecule has 3 atom stereocenters. The Kier molecular flexibility index (Phi) is 14.7. The van der Waals surface area contributed by atoms with Crippen LogP contribution in [-0.4, -0.2) is 102 Å². The van der Waals surface area contributed by atoms with Crippen molar-refractivity contribution in [2.24, 2.45) is 11.8 Å². The molecular weight excluding hydrogens is 452 g/mol. The van der Waals surface area contributed by atoms with E-state index >= 15 is 0 Å². The number of nitrogens with zero attached hydrogens (tertiary/aromatic N) is 2. The Hall–Kier alpha value is -1.20. The molecule has 0 spiro atoms. The van der Waals surface area contributed by atoms with Gasteiger partial charge in [0.2, 0.25) is 0 Å². The molecule has 0 aromatic heterocycles. The maximum Gasteiger partial charge on any atom is 0.325 e. The molecule has 1 aliphatic carbocycles. The first-order valence-corrected chi connectivity index (χ1v) is 15.0. The minimum Gasteiger partial charge on any atom is -0.424 e. The molecule has 0 aromatic rings. The molecule has 0 aromatic carbocycles. The third kappa shape index (κ3) is 12.0. The van der Waals surface area contributed by atoms with Gasteiger partial charge in [0.15, 0.2) is 9.76 Å². The van der Waals surface area contributed by atoms with Gasteiger partial charge in [-0.15, -0.1) is 0 Å². The molecule has 2 aliphatic rings. The van der Waals surface area contributed by atoms with E-state index in [-0.39, 0.29) is 18.7 Å². The predicted octanol–water partition coefficient (Wildman–Crippen LogP) is 1.94. The minimum absolute atomic E-state index is 0.208. The number of carbonyl (C=O) groups excluding carboxylic acids is 2. The van der Waals surface area contributed by atoms with Gasteiger partial charge in [-0.1, -0.05) is 13.3 Å². The van der Waals surface area contributed by atoms with E-state index in [1.807, 2.05) is 13.8 Å². The normalized spacial score (nSPS) is 22.3. The SMILES string of the molecule is CCCNC(=O)N(CC1CCCC(CN(CCCO)CC2CO2)C1)C(=O)NCCC[SiH2]OCC. The fourth-order valence-corrected chi connectivity index (χ4v) is 5.67. The zero-order valence-corrected chi connectivity index (χ0v) is 22.8. The van der Waals surface area contributed by atoms with Gasteiger partial charge in [0.05, 0.1) is 12.7 Å². The van der Waals surface area contributed by atoms with Crippen LogP contribution in [0.2, 0.25) is 6.04 Å². The molecule has 1 aliphatic heterocycles. The molecule has 2 fully saturated rings. The summed E-state index contributed by atoms with van der Waals surface area (Å²) in [5.74, 6) is 0.863. The van der Waals surface area contributed by atoms with E-state index in [0.29, 0.717) is 37.6 Å². The summed E-state index contributed by atoms with van der Waals surface area (Å²) in [7, 11) is -0.496. The number of hydrogen-bond acceptors (Lipinski definition) is 6. The number of rotatable bonds is 17. The summed E-state index contributed by atoms with van der Waals surface area (Å²) < 4.78 is 10.9. The largest absolute Gasteiger partial charge is 0.424 e. The summed E-state index contributed by atoms with van der Waals surface area (Å²) in [6, 6.07) is 0.448. The summed E-state index contributed by atoms with van der Waals surface area (Å²) >= 11 is 0.